The van der Waals surface area contributed by atoms with Gasteiger partial charge in [-0.15, -0.1) is 11.3 Å². The average molecular weight is 299 g/mol. The van der Waals surface area contributed by atoms with E-state index in [4.69, 9.17) is 0 Å². The molecule has 108 valence electrons. The van der Waals surface area contributed by atoms with Crippen LogP contribution in [0.2, 0.25) is 0 Å². The van der Waals surface area contributed by atoms with Crippen LogP contribution in [0.5, 0.6) is 0 Å². The van der Waals surface area contributed by atoms with Crippen LogP contribution in [-0.4, -0.2) is 27.0 Å². The summed E-state index contributed by atoms with van der Waals surface area (Å²) in [6.07, 6.45) is 2.64. The molecule has 0 spiro atoms. The van der Waals surface area contributed by atoms with Crippen molar-refractivity contribution in [2.45, 2.75) is 19.4 Å². The second-order valence-corrected chi connectivity index (χ2v) is 5.77. The van der Waals surface area contributed by atoms with Gasteiger partial charge in [0.1, 0.15) is 5.69 Å². The van der Waals surface area contributed by atoms with E-state index in [0.29, 0.717) is 0 Å². The van der Waals surface area contributed by atoms with Gasteiger partial charge in [0.15, 0.2) is 0 Å². The molecule has 6 heteroatoms. The Kier molecular flexibility index (Phi) is 4.08. The molecule has 3 aromatic rings. The summed E-state index contributed by atoms with van der Waals surface area (Å²) in [4.78, 5) is 6.17. The van der Waals surface area contributed by atoms with Crippen LogP contribution in [-0.2, 0) is 6.42 Å². The van der Waals surface area contributed by atoms with Crippen molar-refractivity contribution in [1.82, 2.24) is 25.3 Å². The van der Waals surface area contributed by atoms with Crippen LogP contribution in [0.3, 0.4) is 0 Å². The smallest absolute Gasteiger partial charge is 0.100 e. The number of rotatable bonds is 5. The number of para-hydroxylation sites is 1. The first kappa shape index (κ1) is 13.9. The van der Waals surface area contributed by atoms with Crippen molar-refractivity contribution in [2.24, 2.45) is 0 Å². The zero-order valence-electron chi connectivity index (χ0n) is 12.0. The highest BCUT2D eigenvalue weighted by molar-refractivity contribution is 7.09. The molecule has 1 aromatic carbocycles. The van der Waals surface area contributed by atoms with Gasteiger partial charge in [0.25, 0.3) is 0 Å². The molecule has 1 N–H and O–H groups in total. The largest absolute Gasteiger partial charge is 0.311 e. The lowest BCUT2D eigenvalue weighted by Crippen LogP contribution is -2.19. The predicted molar refractivity (Wildman–Crippen MR) is 83.7 cm³/mol. The number of likely N-dealkylation sites (N-methyl/N-ethyl adjacent to an activating group) is 1. The Hall–Kier alpha value is -2.05. The van der Waals surface area contributed by atoms with E-state index in [0.717, 1.165) is 28.5 Å². The second-order valence-electron chi connectivity index (χ2n) is 4.82. The fourth-order valence-electron chi connectivity index (χ4n) is 2.15. The van der Waals surface area contributed by atoms with E-state index < -0.39 is 0 Å². The topological polar surface area (TPSA) is 55.6 Å². The Morgan fingerprint density at radius 1 is 1.29 bits per heavy atom. The zero-order valence-corrected chi connectivity index (χ0v) is 12.8. The minimum absolute atomic E-state index is 0.119. The Labute approximate surface area is 127 Å². The van der Waals surface area contributed by atoms with Crippen molar-refractivity contribution in [3.05, 3.63) is 58.3 Å². The minimum atomic E-state index is 0.119. The monoisotopic (exact) mass is 299 g/mol. The van der Waals surface area contributed by atoms with Gasteiger partial charge in [-0.2, -0.15) is 15.0 Å². The van der Waals surface area contributed by atoms with E-state index in [2.05, 4.69) is 25.9 Å². The average Bonchev–Trinajstić information content (AvgIpc) is 3.15. The van der Waals surface area contributed by atoms with Gasteiger partial charge in [0.05, 0.1) is 22.9 Å². The van der Waals surface area contributed by atoms with Gasteiger partial charge in [-0.3, -0.25) is 0 Å². The van der Waals surface area contributed by atoms with E-state index in [1.54, 1.807) is 16.1 Å². The summed E-state index contributed by atoms with van der Waals surface area (Å²) in [5, 5.41) is 15.4. The van der Waals surface area contributed by atoms with Crippen molar-refractivity contribution in [3.8, 4) is 5.69 Å². The highest BCUT2D eigenvalue weighted by Crippen LogP contribution is 2.19. The fraction of sp³-hybridized carbons (Fsp3) is 0.267. The van der Waals surface area contributed by atoms with Gasteiger partial charge in [-0.05, 0) is 26.1 Å². The first-order valence-corrected chi connectivity index (χ1v) is 7.70. The number of aromatic nitrogens is 4. The summed E-state index contributed by atoms with van der Waals surface area (Å²) in [7, 11) is 1.94. The molecule has 21 heavy (non-hydrogen) atoms. The lowest BCUT2D eigenvalue weighted by Gasteiger charge is -2.11. The van der Waals surface area contributed by atoms with E-state index in [1.165, 1.54) is 0 Å². The minimum Gasteiger partial charge on any atom is -0.311 e. The van der Waals surface area contributed by atoms with Crippen molar-refractivity contribution in [2.75, 3.05) is 7.05 Å². The third-order valence-corrected chi connectivity index (χ3v) is 4.24. The summed E-state index contributed by atoms with van der Waals surface area (Å²) >= 11 is 1.68. The number of nitrogens with zero attached hydrogens (tertiary/aromatic N) is 4. The summed E-state index contributed by atoms with van der Waals surface area (Å²) < 4.78 is 0. The van der Waals surface area contributed by atoms with Gasteiger partial charge in [0.2, 0.25) is 0 Å². The van der Waals surface area contributed by atoms with E-state index >= 15 is 0 Å². The molecule has 0 radical (unpaired) electrons. The quantitative estimate of drug-likeness (QED) is 0.786. The number of aryl methyl sites for hydroxylation is 1. The Morgan fingerprint density at radius 3 is 2.76 bits per heavy atom. The van der Waals surface area contributed by atoms with Crippen LogP contribution >= 0.6 is 11.3 Å². The molecule has 0 amide bonds. The molecule has 0 bridgehead atoms. The SMILES string of the molecule is CNC(Cc1nc(C)cs1)c1cnn(-c2ccccc2)n1. The molecule has 1 atom stereocenters. The van der Waals surface area contributed by atoms with Crippen LogP contribution in [0.1, 0.15) is 22.4 Å². The lowest BCUT2D eigenvalue weighted by molar-refractivity contribution is 0.565. The van der Waals surface area contributed by atoms with Crippen molar-refractivity contribution < 1.29 is 0 Å². The van der Waals surface area contributed by atoms with Crippen LogP contribution in [0.25, 0.3) is 5.69 Å². The molecule has 1 unspecified atom stereocenters. The van der Waals surface area contributed by atoms with Gasteiger partial charge in [-0.1, -0.05) is 18.2 Å². The zero-order chi connectivity index (χ0) is 14.7. The summed E-state index contributed by atoms with van der Waals surface area (Å²) in [6.45, 7) is 2.01. The van der Waals surface area contributed by atoms with Gasteiger partial charge < -0.3 is 5.32 Å². The highest BCUT2D eigenvalue weighted by atomic mass is 32.1. The molecular formula is C15H17N5S. The van der Waals surface area contributed by atoms with Gasteiger partial charge in [-0.25, -0.2) is 4.98 Å². The standard InChI is InChI=1S/C15H17N5S/c1-11-10-21-15(18-11)8-13(16-2)14-9-17-20(19-14)12-6-4-3-5-7-12/h3-7,9-10,13,16H,8H2,1-2H3. The molecule has 0 saturated heterocycles. The van der Waals surface area contributed by atoms with E-state index in [9.17, 15) is 0 Å². The molecule has 0 aliphatic carbocycles. The van der Waals surface area contributed by atoms with Crippen LogP contribution in [0.4, 0.5) is 0 Å². The number of benzene rings is 1. The number of hydrogen-bond donors (Lipinski definition) is 1. The molecule has 0 aliphatic rings. The summed E-state index contributed by atoms with van der Waals surface area (Å²) in [5.41, 5.74) is 2.95. The molecular weight excluding hydrogens is 282 g/mol. The van der Waals surface area contributed by atoms with Gasteiger partial charge >= 0.3 is 0 Å². The second kappa shape index (κ2) is 6.15. The lowest BCUT2D eigenvalue weighted by atomic mass is 10.1. The molecule has 2 heterocycles. The van der Waals surface area contributed by atoms with Crippen LogP contribution < -0.4 is 5.32 Å². The molecule has 3 rings (SSSR count). The first-order chi connectivity index (χ1) is 10.3. The Morgan fingerprint density at radius 2 is 2.10 bits per heavy atom. The van der Waals surface area contributed by atoms with Crippen LogP contribution in [0, 0.1) is 6.92 Å². The highest BCUT2D eigenvalue weighted by Gasteiger charge is 2.16. The first-order valence-electron chi connectivity index (χ1n) is 6.82. The third kappa shape index (κ3) is 3.17. The third-order valence-electron chi connectivity index (χ3n) is 3.25. The van der Waals surface area contributed by atoms with E-state index in [1.807, 2.05) is 50.5 Å². The predicted octanol–water partition coefficient (Wildman–Crippen LogP) is 2.54. The van der Waals surface area contributed by atoms with Crippen molar-refractivity contribution in [1.29, 1.82) is 0 Å². The number of hydrogen-bond acceptors (Lipinski definition) is 5. The molecule has 0 fully saturated rings. The van der Waals surface area contributed by atoms with Gasteiger partial charge in [0, 0.05) is 17.5 Å². The Balaban J connectivity index is 1.80. The molecule has 2 aromatic heterocycles. The van der Waals surface area contributed by atoms with Crippen molar-refractivity contribution >= 4 is 11.3 Å². The normalized spacial score (nSPS) is 12.5. The summed E-state index contributed by atoms with van der Waals surface area (Å²) in [5.74, 6) is 0. The molecule has 0 aliphatic heterocycles. The maximum atomic E-state index is 4.57. The number of thiazole rings is 1. The maximum Gasteiger partial charge on any atom is 0.100 e. The van der Waals surface area contributed by atoms with Crippen LogP contribution in [0.15, 0.2) is 41.9 Å². The fourth-order valence-corrected chi connectivity index (χ4v) is 2.96. The summed E-state index contributed by atoms with van der Waals surface area (Å²) in [6, 6.07) is 10.0. The maximum absolute atomic E-state index is 4.57. The molecule has 5 nitrogen and oxygen atoms in total. The Bertz CT molecular complexity index is 704. The van der Waals surface area contributed by atoms with Crippen molar-refractivity contribution in [3.63, 3.8) is 0 Å². The number of nitrogens with one attached hydrogen (secondary N) is 1. The van der Waals surface area contributed by atoms with E-state index in [-0.39, 0.29) is 6.04 Å². The molecule has 0 saturated carbocycles.